The fraction of sp³-hybridized carbons (Fsp3) is 0.400. The summed E-state index contributed by atoms with van der Waals surface area (Å²) in [6.45, 7) is 5.08. The first-order valence-corrected chi connectivity index (χ1v) is 15.4. The molecule has 1 aromatic carbocycles. The van der Waals surface area contributed by atoms with E-state index >= 15 is 0 Å². The van der Waals surface area contributed by atoms with Crippen LogP contribution in [0.15, 0.2) is 36.7 Å². The number of pyridine rings is 1. The molecule has 2 aliphatic heterocycles. The minimum atomic E-state index is -4.65. The van der Waals surface area contributed by atoms with Crippen LogP contribution < -0.4 is 9.64 Å². The molecule has 18 heteroatoms. The standard InChI is InChI=1S/C30H28ClF5N10O2/c1-16-12-45(29-38-11-22(33)27(41-29)48-15-17-2-3-19(31)9-21(17)32)6-5-44(16)14-24-39-23-8-18(25-40-28(43-42-25)30(34,35)36)10-37-26(23)46(24)13-20-4-7-47-20/h2-3,8-11,16,20H,4-7,12-15H2,1H3,(H,40,42,43)/t16-,20-/m0/s1. The Morgan fingerprint density at radius 1 is 1.06 bits per heavy atom. The highest BCUT2D eigenvalue weighted by Crippen LogP contribution is 2.29. The third kappa shape index (κ3) is 6.61. The number of fused-ring (bicyclic) bond motifs is 1. The van der Waals surface area contributed by atoms with E-state index in [2.05, 4.69) is 35.0 Å². The van der Waals surface area contributed by atoms with E-state index in [4.69, 9.17) is 26.1 Å². The van der Waals surface area contributed by atoms with Crippen LogP contribution in [0.3, 0.4) is 0 Å². The van der Waals surface area contributed by atoms with Crippen LogP contribution in [0.4, 0.5) is 27.9 Å². The molecule has 1 N–H and O–H groups in total. The van der Waals surface area contributed by atoms with Crippen LogP contribution in [-0.4, -0.2) is 83.0 Å². The molecular weight excluding hydrogens is 663 g/mol. The van der Waals surface area contributed by atoms with Gasteiger partial charge in [-0.15, -0.1) is 10.2 Å². The van der Waals surface area contributed by atoms with Gasteiger partial charge in [0.2, 0.25) is 17.6 Å². The maximum absolute atomic E-state index is 14.5. The second-order valence-corrected chi connectivity index (χ2v) is 12.1. The van der Waals surface area contributed by atoms with Crippen molar-refractivity contribution >= 4 is 28.7 Å². The Balaban J connectivity index is 1.07. The van der Waals surface area contributed by atoms with E-state index in [1.165, 1.54) is 18.3 Å². The fourth-order valence-electron chi connectivity index (χ4n) is 5.63. The zero-order chi connectivity index (χ0) is 33.6. The number of aromatic nitrogens is 8. The van der Waals surface area contributed by atoms with Gasteiger partial charge in [-0.1, -0.05) is 17.7 Å². The number of anilines is 1. The molecule has 0 unspecified atom stereocenters. The van der Waals surface area contributed by atoms with Gasteiger partial charge in [0.15, 0.2) is 11.5 Å². The fourth-order valence-corrected chi connectivity index (χ4v) is 5.79. The van der Waals surface area contributed by atoms with Crippen LogP contribution in [0.25, 0.3) is 22.6 Å². The first-order valence-electron chi connectivity index (χ1n) is 15.1. The molecule has 4 aromatic heterocycles. The van der Waals surface area contributed by atoms with E-state index in [9.17, 15) is 22.0 Å². The lowest BCUT2D eigenvalue weighted by Crippen LogP contribution is -2.52. The van der Waals surface area contributed by atoms with Gasteiger partial charge >= 0.3 is 6.18 Å². The monoisotopic (exact) mass is 690 g/mol. The zero-order valence-electron chi connectivity index (χ0n) is 25.4. The molecule has 0 spiro atoms. The summed E-state index contributed by atoms with van der Waals surface area (Å²) in [5.41, 5.74) is 1.61. The van der Waals surface area contributed by atoms with E-state index in [0.717, 1.165) is 24.5 Å². The van der Waals surface area contributed by atoms with E-state index in [1.54, 1.807) is 6.07 Å². The molecule has 5 aromatic rings. The van der Waals surface area contributed by atoms with Gasteiger partial charge in [-0.2, -0.15) is 22.5 Å². The molecule has 2 aliphatic rings. The molecule has 0 radical (unpaired) electrons. The number of piperazine rings is 1. The van der Waals surface area contributed by atoms with E-state index in [0.29, 0.717) is 56.1 Å². The van der Waals surface area contributed by atoms with E-state index < -0.39 is 23.6 Å². The van der Waals surface area contributed by atoms with E-state index in [-0.39, 0.29) is 47.0 Å². The average Bonchev–Trinajstić information content (AvgIpc) is 3.65. The summed E-state index contributed by atoms with van der Waals surface area (Å²) >= 11 is 5.81. The molecule has 2 fully saturated rings. The number of halogens is 6. The molecule has 12 nitrogen and oxygen atoms in total. The van der Waals surface area contributed by atoms with Gasteiger partial charge in [-0.3, -0.25) is 4.90 Å². The molecule has 0 amide bonds. The van der Waals surface area contributed by atoms with Gasteiger partial charge in [0, 0.05) is 54.6 Å². The highest BCUT2D eigenvalue weighted by molar-refractivity contribution is 6.30. The van der Waals surface area contributed by atoms with Crippen LogP contribution in [-0.2, 0) is 30.6 Å². The molecule has 48 heavy (non-hydrogen) atoms. The van der Waals surface area contributed by atoms with Gasteiger partial charge in [-0.05, 0) is 31.5 Å². The Kier molecular flexibility index (Phi) is 8.59. The van der Waals surface area contributed by atoms with Crippen molar-refractivity contribution < 1.29 is 31.4 Å². The predicted molar refractivity (Wildman–Crippen MR) is 162 cm³/mol. The van der Waals surface area contributed by atoms with Crippen molar-refractivity contribution in [1.29, 1.82) is 0 Å². The summed E-state index contributed by atoms with van der Waals surface area (Å²) in [5, 5.41) is 7.10. The smallest absolute Gasteiger partial charge is 0.451 e. The number of hydrogen-bond donors (Lipinski definition) is 1. The topological polar surface area (TPSA) is 123 Å². The normalized spacial score (nSPS) is 18.8. The van der Waals surface area contributed by atoms with Crippen molar-refractivity contribution in [3.63, 3.8) is 0 Å². The van der Waals surface area contributed by atoms with Crippen molar-refractivity contribution in [2.24, 2.45) is 0 Å². The SMILES string of the molecule is C[C@H]1CN(c2ncc(F)c(OCc3ccc(Cl)cc3F)n2)CCN1Cc1nc2cc(-c3nnc(C(F)(F)F)[nH]3)cnc2n1C[C@@H]1CCO1. The molecule has 6 heterocycles. The number of ether oxygens (including phenoxy) is 2. The molecule has 2 atom stereocenters. The zero-order valence-corrected chi connectivity index (χ0v) is 26.1. The van der Waals surface area contributed by atoms with Crippen molar-refractivity contribution in [3.8, 4) is 17.3 Å². The molecule has 2 saturated heterocycles. The van der Waals surface area contributed by atoms with Crippen molar-refractivity contribution in [2.75, 3.05) is 31.1 Å². The number of imidazole rings is 1. The van der Waals surface area contributed by atoms with Crippen LogP contribution in [0.2, 0.25) is 5.02 Å². The summed E-state index contributed by atoms with van der Waals surface area (Å²) in [6, 6.07) is 5.77. The summed E-state index contributed by atoms with van der Waals surface area (Å²) in [4.78, 5) is 24.2. The van der Waals surface area contributed by atoms with Crippen LogP contribution in [0.1, 0.15) is 30.6 Å². The second-order valence-electron chi connectivity index (χ2n) is 11.6. The highest BCUT2D eigenvalue weighted by atomic mass is 35.5. The summed E-state index contributed by atoms with van der Waals surface area (Å²) < 4.78 is 81.1. The lowest BCUT2D eigenvalue weighted by atomic mass is 10.2. The van der Waals surface area contributed by atoms with Crippen molar-refractivity contribution in [2.45, 2.75) is 51.4 Å². The number of benzene rings is 1. The van der Waals surface area contributed by atoms with Crippen LogP contribution in [0.5, 0.6) is 5.88 Å². The van der Waals surface area contributed by atoms with Crippen molar-refractivity contribution in [3.05, 3.63) is 70.5 Å². The molecule has 0 aliphatic carbocycles. The van der Waals surface area contributed by atoms with Crippen LogP contribution in [0, 0.1) is 11.6 Å². The Morgan fingerprint density at radius 2 is 1.90 bits per heavy atom. The Hall–Kier alpha value is -4.48. The van der Waals surface area contributed by atoms with Gasteiger partial charge < -0.3 is 23.9 Å². The molecule has 252 valence electrons. The van der Waals surface area contributed by atoms with Gasteiger partial charge in [0.1, 0.15) is 23.8 Å². The summed E-state index contributed by atoms with van der Waals surface area (Å²) in [6.07, 6.45) is -1.28. The maximum Gasteiger partial charge on any atom is 0.451 e. The van der Waals surface area contributed by atoms with E-state index in [1.807, 2.05) is 16.4 Å². The average molecular weight is 691 g/mol. The lowest BCUT2D eigenvalue weighted by Gasteiger charge is -2.39. The van der Waals surface area contributed by atoms with Gasteiger partial charge in [0.25, 0.3) is 5.88 Å². The molecular formula is C30H28ClF5N10O2. The first-order chi connectivity index (χ1) is 23.0. The minimum Gasteiger partial charge on any atom is -0.470 e. The van der Waals surface area contributed by atoms with Crippen LogP contribution >= 0.6 is 11.6 Å². The number of nitrogens with zero attached hydrogens (tertiary/aromatic N) is 9. The summed E-state index contributed by atoms with van der Waals surface area (Å²) in [7, 11) is 0. The quantitative estimate of drug-likeness (QED) is 0.211. The maximum atomic E-state index is 14.5. The Labute approximate surface area is 274 Å². The Bertz CT molecular complexity index is 1950. The summed E-state index contributed by atoms with van der Waals surface area (Å²) in [5.74, 6) is -1.88. The van der Waals surface area contributed by atoms with Gasteiger partial charge in [-0.25, -0.2) is 19.3 Å². The number of aromatic amines is 1. The third-order valence-electron chi connectivity index (χ3n) is 8.34. The minimum absolute atomic E-state index is 0.00346. The lowest BCUT2D eigenvalue weighted by molar-refractivity contribution is -0.144. The number of nitrogens with one attached hydrogen (secondary N) is 1. The highest BCUT2D eigenvalue weighted by Gasteiger charge is 2.36. The molecule has 0 saturated carbocycles. The number of H-pyrrole nitrogens is 1. The first kappa shape index (κ1) is 32.1. The second kappa shape index (κ2) is 12.9. The molecule has 0 bridgehead atoms. The molecule has 7 rings (SSSR count). The Morgan fingerprint density at radius 3 is 2.60 bits per heavy atom. The third-order valence-corrected chi connectivity index (χ3v) is 8.58. The van der Waals surface area contributed by atoms with Gasteiger partial charge in [0.05, 0.1) is 25.4 Å². The number of rotatable bonds is 9. The largest absolute Gasteiger partial charge is 0.470 e. The number of hydrogen-bond acceptors (Lipinski definition) is 10. The van der Waals surface area contributed by atoms with Crippen molar-refractivity contribution in [1.82, 2.24) is 44.6 Å². The predicted octanol–water partition coefficient (Wildman–Crippen LogP) is 5.04. The number of alkyl halides is 3.